The van der Waals surface area contributed by atoms with Crippen LogP contribution >= 0.6 is 0 Å². The Morgan fingerprint density at radius 3 is 2.47 bits per heavy atom. The van der Waals surface area contributed by atoms with Crippen molar-refractivity contribution in [2.24, 2.45) is 5.41 Å². The molecule has 2 atom stereocenters. The zero-order chi connectivity index (χ0) is 11.7. The zero-order valence-corrected chi connectivity index (χ0v) is 10.4. The van der Waals surface area contributed by atoms with Gasteiger partial charge in [0.25, 0.3) is 0 Å². The summed E-state index contributed by atoms with van der Waals surface area (Å²) in [5.41, 5.74) is -0.0363. The molecule has 0 aromatic carbocycles. The molecule has 0 fully saturated rings. The van der Waals surface area contributed by atoms with Crippen LogP contribution in [0, 0.1) is 5.41 Å². The van der Waals surface area contributed by atoms with Crippen LogP contribution in [0.2, 0.25) is 0 Å². The van der Waals surface area contributed by atoms with Crippen molar-refractivity contribution >= 4 is 0 Å². The Hall–Kier alpha value is -0.160. The van der Waals surface area contributed by atoms with E-state index in [1.807, 2.05) is 0 Å². The molecule has 0 rings (SSSR count). The molecule has 2 unspecified atom stereocenters. The third-order valence-electron chi connectivity index (χ3n) is 2.84. The van der Waals surface area contributed by atoms with Gasteiger partial charge in [0.1, 0.15) is 0 Å². The Balaban J connectivity index is 3.75. The van der Waals surface area contributed by atoms with Crippen molar-refractivity contribution in [1.82, 2.24) is 5.32 Å². The molecule has 4 heteroatoms. The molecule has 0 amide bonds. The van der Waals surface area contributed by atoms with Gasteiger partial charge in [-0.15, -0.1) is 0 Å². The normalized spacial score (nSPS) is 17.4. The molecule has 4 nitrogen and oxygen atoms in total. The smallest absolute Gasteiger partial charge is 0.0928 e. The van der Waals surface area contributed by atoms with E-state index in [0.29, 0.717) is 6.61 Å². The van der Waals surface area contributed by atoms with Gasteiger partial charge >= 0.3 is 0 Å². The lowest BCUT2D eigenvalue weighted by atomic mass is 9.88. The quantitative estimate of drug-likeness (QED) is 0.598. The minimum absolute atomic E-state index is 0.0363. The average molecular weight is 219 g/mol. The average Bonchev–Trinajstić information content (AvgIpc) is 2.27. The predicted molar refractivity (Wildman–Crippen MR) is 61.0 cm³/mol. The second kappa shape index (κ2) is 8.05. The Morgan fingerprint density at radius 1 is 1.40 bits per heavy atom. The summed E-state index contributed by atoms with van der Waals surface area (Å²) in [5.74, 6) is 0. The summed E-state index contributed by atoms with van der Waals surface area (Å²) in [6.45, 7) is 6.49. The molecule has 0 radical (unpaired) electrons. The van der Waals surface area contributed by atoms with E-state index >= 15 is 0 Å². The summed E-state index contributed by atoms with van der Waals surface area (Å²) >= 11 is 0. The van der Waals surface area contributed by atoms with Gasteiger partial charge in [-0.25, -0.2) is 0 Å². The number of hydrogen-bond donors (Lipinski definition) is 2. The SMILES string of the molecule is CCC(C)(CO)CNCC(COC)OC. The summed E-state index contributed by atoms with van der Waals surface area (Å²) in [7, 11) is 3.34. The summed E-state index contributed by atoms with van der Waals surface area (Å²) in [6, 6.07) is 0. The van der Waals surface area contributed by atoms with Gasteiger partial charge in [0.2, 0.25) is 0 Å². The predicted octanol–water partition coefficient (Wildman–Crippen LogP) is 0.646. The summed E-state index contributed by atoms with van der Waals surface area (Å²) in [5, 5.41) is 12.5. The van der Waals surface area contributed by atoms with E-state index in [4.69, 9.17) is 9.47 Å². The molecule has 0 heterocycles. The van der Waals surface area contributed by atoms with Crippen molar-refractivity contribution in [1.29, 1.82) is 0 Å². The fourth-order valence-corrected chi connectivity index (χ4v) is 1.22. The molecule has 0 aliphatic carbocycles. The number of methoxy groups -OCH3 is 2. The van der Waals surface area contributed by atoms with Gasteiger partial charge in [-0.05, 0) is 6.42 Å². The van der Waals surface area contributed by atoms with Gasteiger partial charge in [0, 0.05) is 39.3 Å². The summed E-state index contributed by atoms with van der Waals surface area (Å²) in [6.07, 6.45) is 1.04. The molecule has 0 aliphatic heterocycles. The Kier molecular flexibility index (Phi) is 7.96. The molecular formula is C11H25NO3. The highest BCUT2D eigenvalue weighted by atomic mass is 16.5. The maximum Gasteiger partial charge on any atom is 0.0928 e. The van der Waals surface area contributed by atoms with E-state index in [-0.39, 0.29) is 18.1 Å². The number of rotatable bonds is 9. The van der Waals surface area contributed by atoms with Crippen molar-refractivity contribution in [3.05, 3.63) is 0 Å². The third kappa shape index (κ3) is 6.10. The van der Waals surface area contributed by atoms with E-state index in [1.165, 1.54) is 0 Å². The van der Waals surface area contributed by atoms with E-state index in [1.54, 1.807) is 14.2 Å². The molecule has 0 spiro atoms. The van der Waals surface area contributed by atoms with Gasteiger partial charge in [0.05, 0.1) is 12.7 Å². The number of aliphatic hydroxyl groups excluding tert-OH is 1. The van der Waals surface area contributed by atoms with Crippen molar-refractivity contribution in [3.63, 3.8) is 0 Å². The number of ether oxygens (including phenoxy) is 2. The second-order valence-corrected chi connectivity index (χ2v) is 4.27. The van der Waals surface area contributed by atoms with Crippen molar-refractivity contribution in [2.45, 2.75) is 26.4 Å². The van der Waals surface area contributed by atoms with Crippen LogP contribution in [0.25, 0.3) is 0 Å². The Morgan fingerprint density at radius 2 is 2.07 bits per heavy atom. The fraction of sp³-hybridized carbons (Fsp3) is 1.00. The van der Waals surface area contributed by atoms with Crippen LogP contribution in [-0.4, -0.2) is 51.7 Å². The van der Waals surface area contributed by atoms with Crippen LogP contribution in [0.4, 0.5) is 0 Å². The number of nitrogens with one attached hydrogen (secondary N) is 1. The lowest BCUT2D eigenvalue weighted by Crippen LogP contribution is -2.39. The van der Waals surface area contributed by atoms with Crippen molar-refractivity contribution in [2.75, 3.05) is 40.5 Å². The van der Waals surface area contributed by atoms with Crippen LogP contribution in [0.1, 0.15) is 20.3 Å². The molecule has 0 aromatic rings. The fourth-order valence-electron chi connectivity index (χ4n) is 1.22. The lowest BCUT2D eigenvalue weighted by molar-refractivity contribution is 0.0260. The molecule has 0 aromatic heterocycles. The molecular weight excluding hydrogens is 194 g/mol. The van der Waals surface area contributed by atoms with Crippen LogP contribution in [0.3, 0.4) is 0 Å². The molecule has 0 bridgehead atoms. The maximum atomic E-state index is 9.22. The first-order chi connectivity index (χ1) is 7.11. The van der Waals surface area contributed by atoms with Gasteiger partial charge in [-0.2, -0.15) is 0 Å². The van der Waals surface area contributed by atoms with Crippen molar-refractivity contribution in [3.8, 4) is 0 Å². The van der Waals surface area contributed by atoms with Crippen LogP contribution in [-0.2, 0) is 9.47 Å². The highest BCUT2D eigenvalue weighted by molar-refractivity contribution is 4.75. The van der Waals surface area contributed by atoms with Crippen LogP contribution in [0.15, 0.2) is 0 Å². The highest BCUT2D eigenvalue weighted by Crippen LogP contribution is 2.18. The number of hydrogen-bond acceptors (Lipinski definition) is 4. The first kappa shape index (κ1) is 14.8. The monoisotopic (exact) mass is 219 g/mol. The Bertz CT molecular complexity index is 149. The number of aliphatic hydroxyl groups is 1. The molecule has 0 saturated heterocycles. The zero-order valence-electron chi connectivity index (χ0n) is 10.4. The van der Waals surface area contributed by atoms with E-state index in [2.05, 4.69) is 19.2 Å². The van der Waals surface area contributed by atoms with Gasteiger partial charge < -0.3 is 19.9 Å². The maximum absolute atomic E-state index is 9.22. The van der Waals surface area contributed by atoms with Gasteiger partial charge in [-0.1, -0.05) is 13.8 Å². The first-order valence-electron chi connectivity index (χ1n) is 5.45. The topological polar surface area (TPSA) is 50.7 Å². The molecule has 2 N–H and O–H groups in total. The van der Waals surface area contributed by atoms with E-state index in [0.717, 1.165) is 19.5 Å². The highest BCUT2D eigenvalue weighted by Gasteiger charge is 2.20. The van der Waals surface area contributed by atoms with Crippen molar-refractivity contribution < 1.29 is 14.6 Å². The van der Waals surface area contributed by atoms with Crippen LogP contribution < -0.4 is 5.32 Å². The second-order valence-electron chi connectivity index (χ2n) is 4.27. The van der Waals surface area contributed by atoms with E-state index < -0.39 is 0 Å². The molecule has 92 valence electrons. The molecule has 0 saturated carbocycles. The molecule has 0 aliphatic rings. The summed E-state index contributed by atoms with van der Waals surface area (Å²) in [4.78, 5) is 0. The van der Waals surface area contributed by atoms with Crippen LogP contribution in [0.5, 0.6) is 0 Å². The minimum Gasteiger partial charge on any atom is -0.396 e. The molecule has 15 heavy (non-hydrogen) atoms. The Labute approximate surface area is 93.0 Å². The summed E-state index contributed by atoms with van der Waals surface area (Å²) < 4.78 is 10.2. The minimum atomic E-state index is -0.0363. The largest absolute Gasteiger partial charge is 0.396 e. The third-order valence-corrected chi connectivity index (χ3v) is 2.84. The lowest BCUT2D eigenvalue weighted by Gasteiger charge is -2.27. The van der Waals surface area contributed by atoms with Gasteiger partial charge in [0.15, 0.2) is 0 Å². The van der Waals surface area contributed by atoms with E-state index in [9.17, 15) is 5.11 Å². The standard InChI is InChI=1S/C11H25NO3/c1-5-11(2,9-13)8-12-6-10(15-4)7-14-3/h10,12-13H,5-9H2,1-4H3. The van der Waals surface area contributed by atoms with Gasteiger partial charge in [-0.3, -0.25) is 0 Å². The first-order valence-corrected chi connectivity index (χ1v) is 5.45.